The minimum absolute atomic E-state index is 0.0540. The Morgan fingerprint density at radius 1 is 1.03 bits per heavy atom. The van der Waals surface area contributed by atoms with E-state index in [1.807, 2.05) is 23.1 Å². The molecule has 2 aromatic heterocycles. The highest BCUT2D eigenvalue weighted by atomic mass is 16.2. The molecule has 2 aromatic rings. The summed E-state index contributed by atoms with van der Waals surface area (Å²) in [5.74, 6) is 2.50. The lowest BCUT2D eigenvalue weighted by atomic mass is 9.49. The van der Waals surface area contributed by atoms with E-state index in [9.17, 15) is 9.59 Å². The van der Waals surface area contributed by atoms with E-state index >= 15 is 0 Å². The first-order chi connectivity index (χ1) is 15.5. The van der Waals surface area contributed by atoms with Crippen LogP contribution < -0.4 is 5.32 Å². The lowest BCUT2D eigenvalue weighted by Crippen LogP contribution is -2.51. The molecule has 0 atom stereocenters. The van der Waals surface area contributed by atoms with Crippen molar-refractivity contribution < 1.29 is 9.59 Å². The molecule has 3 heterocycles. The van der Waals surface area contributed by atoms with E-state index in [1.165, 1.54) is 38.5 Å². The Bertz CT molecular complexity index is 1020. The molecule has 32 heavy (non-hydrogen) atoms. The number of imidazole rings is 1. The lowest BCUT2D eigenvalue weighted by molar-refractivity contribution is -0.0503. The highest BCUT2D eigenvalue weighted by molar-refractivity contribution is 5.95. The van der Waals surface area contributed by atoms with Gasteiger partial charge in [-0.1, -0.05) is 6.07 Å². The summed E-state index contributed by atoms with van der Waals surface area (Å²) in [7, 11) is 2.07. The predicted molar refractivity (Wildman–Crippen MR) is 122 cm³/mol. The number of carbonyl (C=O) groups excluding carboxylic acids is 2. The molecule has 4 bridgehead atoms. The van der Waals surface area contributed by atoms with Crippen molar-refractivity contribution in [3.63, 3.8) is 0 Å². The molecule has 0 aromatic carbocycles. The zero-order valence-electron chi connectivity index (χ0n) is 18.9. The maximum atomic E-state index is 13.2. The van der Waals surface area contributed by atoms with Crippen LogP contribution in [0.15, 0.2) is 24.4 Å². The molecule has 5 fully saturated rings. The maximum Gasteiger partial charge on any atom is 0.274 e. The molecule has 4 aliphatic carbocycles. The van der Waals surface area contributed by atoms with E-state index in [1.54, 1.807) is 10.6 Å². The number of nitrogens with zero attached hydrogens (tertiary/aromatic N) is 4. The van der Waals surface area contributed by atoms with Gasteiger partial charge in [-0.3, -0.25) is 14.0 Å². The number of fused-ring (bicyclic) bond motifs is 1. The van der Waals surface area contributed by atoms with Crippen molar-refractivity contribution in [3.8, 4) is 0 Å². The largest absolute Gasteiger partial charge is 0.350 e. The number of pyridine rings is 1. The van der Waals surface area contributed by atoms with E-state index < -0.39 is 0 Å². The molecule has 2 amide bonds. The van der Waals surface area contributed by atoms with Crippen LogP contribution in [-0.4, -0.2) is 70.8 Å². The standard InChI is InChI=1S/C25H33N5O2/c1-28-5-7-29(8-6-28)24(32)20-15-30-21(3-2-4-22(30)27-20)23(31)26-16-25-12-17-9-18(13-25)11-19(10-17)14-25/h2-4,15,17-19H,5-14,16H2,1H3,(H,26,31). The van der Waals surface area contributed by atoms with Gasteiger partial charge in [0.2, 0.25) is 0 Å². The van der Waals surface area contributed by atoms with Crippen LogP contribution in [0.2, 0.25) is 0 Å². The first kappa shape index (κ1) is 20.2. The molecule has 0 spiro atoms. The highest BCUT2D eigenvalue weighted by Crippen LogP contribution is 2.59. The topological polar surface area (TPSA) is 70.0 Å². The van der Waals surface area contributed by atoms with Crippen LogP contribution in [0.1, 0.15) is 59.5 Å². The Labute approximate surface area is 189 Å². The quantitative estimate of drug-likeness (QED) is 0.802. The van der Waals surface area contributed by atoms with Crippen LogP contribution in [-0.2, 0) is 0 Å². The van der Waals surface area contributed by atoms with E-state index in [2.05, 4.69) is 22.2 Å². The number of amides is 2. The van der Waals surface area contributed by atoms with Gasteiger partial charge < -0.3 is 15.1 Å². The zero-order chi connectivity index (χ0) is 21.9. The number of rotatable bonds is 4. The Hall–Kier alpha value is -2.41. The summed E-state index contributed by atoms with van der Waals surface area (Å²) in [4.78, 5) is 34.8. The molecular formula is C25H33N5O2. The van der Waals surface area contributed by atoms with Gasteiger partial charge in [0, 0.05) is 38.9 Å². The van der Waals surface area contributed by atoms with Gasteiger partial charge in [-0.05, 0) is 80.9 Å². The average molecular weight is 436 g/mol. The number of hydrogen-bond acceptors (Lipinski definition) is 4. The molecule has 7 heteroatoms. The number of hydrogen-bond donors (Lipinski definition) is 1. The van der Waals surface area contributed by atoms with Crippen molar-refractivity contribution in [1.29, 1.82) is 0 Å². The fourth-order valence-corrected chi connectivity index (χ4v) is 7.34. The Morgan fingerprint density at radius 2 is 1.69 bits per heavy atom. The second-order valence-electron chi connectivity index (χ2n) is 11.0. The Balaban J connectivity index is 1.19. The normalized spacial score (nSPS) is 31.9. The third kappa shape index (κ3) is 3.51. The lowest BCUT2D eigenvalue weighted by Gasteiger charge is -2.56. The molecule has 0 radical (unpaired) electrons. The summed E-state index contributed by atoms with van der Waals surface area (Å²) in [5, 5.41) is 3.27. The van der Waals surface area contributed by atoms with Gasteiger partial charge in [-0.2, -0.15) is 0 Å². The summed E-state index contributed by atoms with van der Waals surface area (Å²) < 4.78 is 1.78. The molecule has 0 unspecified atom stereocenters. The summed E-state index contributed by atoms with van der Waals surface area (Å²) in [6.45, 7) is 3.94. The average Bonchev–Trinajstić information content (AvgIpc) is 3.21. The molecule has 170 valence electrons. The molecule has 1 N–H and O–H groups in total. The van der Waals surface area contributed by atoms with Crippen LogP contribution in [0.25, 0.3) is 5.65 Å². The Kier molecular flexibility index (Phi) is 4.79. The molecule has 4 saturated carbocycles. The first-order valence-corrected chi connectivity index (χ1v) is 12.2. The van der Waals surface area contributed by atoms with Gasteiger partial charge in [-0.25, -0.2) is 4.98 Å². The van der Waals surface area contributed by atoms with Crippen LogP contribution in [0.5, 0.6) is 0 Å². The highest BCUT2D eigenvalue weighted by Gasteiger charge is 2.50. The van der Waals surface area contributed by atoms with Gasteiger partial charge in [0.1, 0.15) is 17.0 Å². The molecule has 5 aliphatic rings. The maximum absolute atomic E-state index is 13.2. The number of piperazine rings is 1. The summed E-state index contributed by atoms with van der Waals surface area (Å²) >= 11 is 0. The van der Waals surface area contributed by atoms with Crippen molar-refractivity contribution in [1.82, 2.24) is 24.5 Å². The summed E-state index contributed by atoms with van der Waals surface area (Å²) in [5.41, 5.74) is 1.91. The van der Waals surface area contributed by atoms with Gasteiger partial charge in [0.25, 0.3) is 11.8 Å². The minimum Gasteiger partial charge on any atom is -0.350 e. The van der Waals surface area contributed by atoms with Gasteiger partial charge >= 0.3 is 0 Å². The van der Waals surface area contributed by atoms with Crippen molar-refractivity contribution in [2.45, 2.75) is 38.5 Å². The molecule has 1 aliphatic heterocycles. The molecule has 1 saturated heterocycles. The van der Waals surface area contributed by atoms with Crippen LogP contribution >= 0.6 is 0 Å². The van der Waals surface area contributed by atoms with Gasteiger partial charge in [0.15, 0.2) is 0 Å². The minimum atomic E-state index is -0.0673. The molecule has 7 rings (SSSR count). The van der Waals surface area contributed by atoms with Crippen LogP contribution in [0, 0.1) is 23.2 Å². The van der Waals surface area contributed by atoms with Crippen LogP contribution in [0.4, 0.5) is 0 Å². The number of nitrogens with one attached hydrogen (secondary N) is 1. The van der Waals surface area contributed by atoms with Crippen molar-refractivity contribution in [3.05, 3.63) is 35.8 Å². The van der Waals surface area contributed by atoms with E-state index in [0.717, 1.165) is 37.4 Å². The monoisotopic (exact) mass is 435 g/mol. The van der Waals surface area contributed by atoms with Crippen molar-refractivity contribution in [2.75, 3.05) is 39.8 Å². The van der Waals surface area contributed by atoms with E-state index in [4.69, 9.17) is 0 Å². The zero-order valence-corrected chi connectivity index (χ0v) is 18.9. The van der Waals surface area contributed by atoms with E-state index in [0.29, 0.717) is 35.5 Å². The molecule has 7 nitrogen and oxygen atoms in total. The van der Waals surface area contributed by atoms with Gasteiger partial charge in [-0.15, -0.1) is 0 Å². The van der Waals surface area contributed by atoms with Gasteiger partial charge in [0.05, 0.1) is 0 Å². The summed E-state index contributed by atoms with van der Waals surface area (Å²) in [6, 6.07) is 5.54. The second kappa shape index (κ2) is 7.58. The van der Waals surface area contributed by atoms with Crippen LogP contribution in [0.3, 0.4) is 0 Å². The predicted octanol–water partition coefficient (Wildman–Crippen LogP) is 2.67. The fraction of sp³-hybridized carbons (Fsp3) is 0.640. The smallest absolute Gasteiger partial charge is 0.274 e. The second-order valence-corrected chi connectivity index (χ2v) is 11.0. The third-order valence-corrected chi connectivity index (χ3v) is 8.52. The first-order valence-electron chi connectivity index (χ1n) is 12.2. The number of likely N-dealkylation sites (N-methyl/N-ethyl adjacent to an activating group) is 1. The fourth-order valence-electron chi connectivity index (χ4n) is 7.34. The molecular weight excluding hydrogens is 402 g/mol. The SMILES string of the molecule is CN1CCN(C(=O)c2cn3c(C(=O)NCC45CC6CC(CC(C6)C4)C5)cccc3n2)CC1. The third-order valence-electron chi connectivity index (χ3n) is 8.52. The van der Waals surface area contributed by atoms with Crippen molar-refractivity contribution in [2.24, 2.45) is 23.2 Å². The number of aromatic nitrogens is 2. The summed E-state index contributed by atoms with van der Waals surface area (Å²) in [6.07, 6.45) is 9.78. The van der Waals surface area contributed by atoms with Crippen molar-refractivity contribution >= 4 is 17.5 Å². The van der Waals surface area contributed by atoms with E-state index in [-0.39, 0.29) is 11.8 Å². The number of carbonyl (C=O) groups is 2. The Morgan fingerprint density at radius 3 is 2.34 bits per heavy atom.